The van der Waals surface area contributed by atoms with Crippen LogP contribution in [0.15, 0.2) is 0 Å². The third-order valence-electron chi connectivity index (χ3n) is 3.51. The highest BCUT2D eigenvalue weighted by Crippen LogP contribution is 2.21. The lowest BCUT2D eigenvalue weighted by Gasteiger charge is -2.17. The summed E-state index contributed by atoms with van der Waals surface area (Å²) in [7, 11) is 0. The Morgan fingerprint density at radius 1 is 0.933 bits per heavy atom. The van der Waals surface area contributed by atoms with E-state index in [1.165, 1.54) is 38.5 Å². The van der Waals surface area contributed by atoms with Gasteiger partial charge in [0.1, 0.15) is 0 Å². The number of rotatable bonds is 9. The molecule has 0 nitrogen and oxygen atoms in total. The maximum atomic E-state index is 2.52. The van der Waals surface area contributed by atoms with Gasteiger partial charge in [-0.1, -0.05) is 66.7 Å². The minimum absolute atomic E-state index is 0.781. The summed E-state index contributed by atoms with van der Waals surface area (Å²) in [5, 5.41) is 0. The number of hydrogen-bond donors (Lipinski definition) is 0. The molecular formula is C15H31. The molecule has 2 atom stereocenters. The Kier molecular flexibility index (Phi) is 9.24. The molecule has 0 aromatic heterocycles. The summed E-state index contributed by atoms with van der Waals surface area (Å²) in [5.41, 5.74) is 0. The Morgan fingerprint density at radius 2 is 1.60 bits per heavy atom. The molecular weight excluding hydrogens is 180 g/mol. The first-order valence-electron chi connectivity index (χ1n) is 6.91. The van der Waals surface area contributed by atoms with Gasteiger partial charge < -0.3 is 0 Å². The molecule has 0 heterocycles. The summed E-state index contributed by atoms with van der Waals surface area (Å²) >= 11 is 0. The van der Waals surface area contributed by atoms with Crippen LogP contribution in [0.5, 0.6) is 0 Å². The van der Waals surface area contributed by atoms with Crippen LogP contribution in [-0.4, -0.2) is 0 Å². The SMILES string of the molecule is CCCCCCC(C)C[CH]C(C)C(C)C. The number of unbranched alkanes of at least 4 members (excludes halogenated alkanes) is 3. The second-order valence-corrected chi connectivity index (χ2v) is 5.53. The fourth-order valence-electron chi connectivity index (χ4n) is 1.76. The summed E-state index contributed by atoms with van der Waals surface area (Å²) in [6, 6.07) is 0. The molecule has 2 unspecified atom stereocenters. The van der Waals surface area contributed by atoms with E-state index < -0.39 is 0 Å². The first-order valence-corrected chi connectivity index (χ1v) is 6.91. The second-order valence-electron chi connectivity index (χ2n) is 5.53. The van der Waals surface area contributed by atoms with Crippen LogP contribution in [0.2, 0.25) is 0 Å². The van der Waals surface area contributed by atoms with Gasteiger partial charge in [0.15, 0.2) is 0 Å². The Hall–Kier alpha value is 0. The molecule has 15 heavy (non-hydrogen) atoms. The molecule has 0 aromatic rings. The van der Waals surface area contributed by atoms with Crippen molar-refractivity contribution in [3.63, 3.8) is 0 Å². The van der Waals surface area contributed by atoms with E-state index in [2.05, 4.69) is 41.0 Å². The fraction of sp³-hybridized carbons (Fsp3) is 0.933. The first-order chi connectivity index (χ1) is 7.07. The van der Waals surface area contributed by atoms with Crippen molar-refractivity contribution in [2.45, 2.75) is 73.1 Å². The molecule has 0 amide bonds. The summed E-state index contributed by atoms with van der Waals surface area (Å²) in [6.45, 7) is 11.6. The normalized spacial score (nSPS) is 15.6. The molecule has 0 rings (SSSR count). The summed E-state index contributed by atoms with van der Waals surface area (Å²) < 4.78 is 0. The molecule has 1 radical (unpaired) electrons. The minimum atomic E-state index is 0.781. The predicted molar refractivity (Wildman–Crippen MR) is 70.8 cm³/mol. The zero-order chi connectivity index (χ0) is 11.7. The van der Waals surface area contributed by atoms with Crippen LogP contribution >= 0.6 is 0 Å². The van der Waals surface area contributed by atoms with Crippen LogP contribution in [-0.2, 0) is 0 Å². The third kappa shape index (κ3) is 8.96. The van der Waals surface area contributed by atoms with Crippen molar-refractivity contribution < 1.29 is 0 Å². The van der Waals surface area contributed by atoms with Crippen LogP contribution in [0.4, 0.5) is 0 Å². The van der Waals surface area contributed by atoms with Gasteiger partial charge in [0.25, 0.3) is 0 Å². The average Bonchev–Trinajstić information content (AvgIpc) is 2.20. The smallest absolute Gasteiger partial charge is 0.0352 e. The average molecular weight is 211 g/mol. The van der Waals surface area contributed by atoms with Gasteiger partial charge in [0.05, 0.1) is 0 Å². The zero-order valence-corrected chi connectivity index (χ0v) is 11.6. The van der Waals surface area contributed by atoms with E-state index in [4.69, 9.17) is 0 Å². The quantitative estimate of drug-likeness (QED) is 0.443. The Balaban J connectivity index is 3.36. The number of hydrogen-bond acceptors (Lipinski definition) is 0. The maximum Gasteiger partial charge on any atom is -0.0352 e. The van der Waals surface area contributed by atoms with Crippen LogP contribution < -0.4 is 0 Å². The highest BCUT2D eigenvalue weighted by atomic mass is 14.1. The highest BCUT2D eigenvalue weighted by Gasteiger charge is 2.09. The molecule has 0 N–H and O–H groups in total. The molecule has 0 aliphatic heterocycles. The van der Waals surface area contributed by atoms with Crippen molar-refractivity contribution in [2.24, 2.45) is 17.8 Å². The summed E-state index contributed by atoms with van der Waals surface area (Å²) in [6.07, 6.45) is 10.9. The lowest BCUT2D eigenvalue weighted by Crippen LogP contribution is -2.07. The van der Waals surface area contributed by atoms with Crippen molar-refractivity contribution in [2.75, 3.05) is 0 Å². The summed E-state index contributed by atoms with van der Waals surface area (Å²) in [5.74, 6) is 2.48. The largest absolute Gasteiger partial charge is 0.0654 e. The summed E-state index contributed by atoms with van der Waals surface area (Å²) in [4.78, 5) is 0. The van der Waals surface area contributed by atoms with Gasteiger partial charge >= 0.3 is 0 Å². The molecule has 91 valence electrons. The van der Waals surface area contributed by atoms with E-state index >= 15 is 0 Å². The van der Waals surface area contributed by atoms with Gasteiger partial charge in [-0.05, 0) is 30.6 Å². The molecule has 0 bridgehead atoms. The minimum Gasteiger partial charge on any atom is -0.0654 e. The highest BCUT2D eigenvalue weighted by molar-refractivity contribution is 4.77. The molecule has 0 fully saturated rings. The predicted octanol–water partition coefficient (Wildman–Crippen LogP) is 5.48. The molecule has 0 aliphatic carbocycles. The van der Waals surface area contributed by atoms with Gasteiger partial charge in [-0.3, -0.25) is 0 Å². The Morgan fingerprint density at radius 3 is 2.13 bits per heavy atom. The molecule has 0 saturated carbocycles. The zero-order valence-electron chi connectivity index (χ0n) is 11.6. The van der Waals surface area contributed by atoms with Gasteiger partial charge in [-0.2, -0.15) is 0 Å². The van der Waals surface area contributed by atoms with Crippen LogP contribution in [0.1, 0.15) is 73.1 Å². The van der Waals surface area contributed by atoms with Crippen LogP contribution in [0, 0.1) is 24.2 Å². The van der Waals surface area contributed by atoms with E-state index in [0.29, 0.717) is 0 Å². The van der Waals surface area contributed by atoms with Crippen molar-refractivity contribution >= 4 is 0 Å². The van der Waals surface area contributed by atoms with E-state index in [9.17, 15) is 0 Å². The van der Waals surface area contributed by atoms with Crippen molar-refractivity contribution in [1.29, 1.82) is 0 Å². The van der Waals surface area contributed by atoms with Crippen molar-refractivity contribution in [3.05, 3.63) is 6.42 Å². The van der Waals surface area contributed by atoms with Crippen LogP contribution in [0.3, 0.4) is 0 Å². The van der Waals surface area contributed by atoms with E-state index in [-0.39, 0.29) is 0 Å². The molecule has 0 heteroatoms. The molecule has 0 aliphatic rings. The van der Waals surface area contributed by atoms with Gasteiger partial charge in [0, 0.05) is 0 Å². The van der Waals surface area contributed by atoms with Crippen LogP contribution in [0.25, 0.3) is 0 Å². The third-order valence-corrected chi connectivity index (χ3v) is 3.51. The van der Waals surface area contributed by atoms with E-state index in [1.807, 2.05) is 0 Å². The maximum absolute atomic E-state index is 2.52. The second kappa shape index (κ2) is 9.24. The van der Waals surface area contributed by atoms with Crippen molar-refractivity contribution in [1.82, 2.24) is 0 Å². The Labute approximate surface area is 97.8 Å². The van der Waals surface area contributed by atoms with Crippen molar-refractivity contribution in [3.8, 4) is 0 Å². The molecule has 0 aromatic carbocycles. The van der Waals surface area contributed by atoms with Gasteiger partial charge in [-0.15, -0.1) is 0 Å². The monoisotopic (exact) mass is 211 g/mol. The standard InChI is InChI=1S/C15H31/c1-6-7-8-9-10-14(4)11-12-15(5)13(2)3/h12-15H,6-11H2,1-5H3. The first kappa shape index (κ1) is 15.0. The topological polar surface area (TPSA) is 0 Å². The lowest BCUT2D eigenvalue weighted by atomic mass is 9.88. The van der Waals surface area contributed by atoms with E-state index in [0.717, 1.165) is 17.8 Å². The molecule has 0 spiro atoms. The molecule has 0 saturated heterocycles. The van der Waals surface area contributed by atoms with Gasteiger partial charge in [-0.25, -0.2) is 0 Å². The lowest BCUT2D eigenvalue weighted by molar-refractivity contribution is 0.414. The Bertz CT molecular complexity index is 126. The fourth-order valence-corrected chi connectivity index (χ4v) is 1.76. The van der Waals surface area contributed by atoms with Gasteiger partial charge in [0.2, 0.25) is 0 Å². The van der Waals surface area contributed by atoms with E-state index in [1.54, 1.807) is 0 Å².